The molecule has 0 aromatic heterocycles. The van der Waals surface area contributed by atoms with Crippen molar-refractivity contribution in [2.24, 2.45) is 0 Å². The molecule has 4 aromatic rings. The second-order valence-corrected chi connectivity index (χ2v) is 13.7. The smallest absolute Gasteiger partial charge is 0.264 e. The van der Waals surface area contributed by atoms with Crippen LogP contribution in [0.2, 0.25) is 10.0 Å². The molecule has 0 aliphatic rings. The average molecular weight is 667 g/mol. The number of hydrogen-bond donors (Lipinski definition) is 1. The van der Waals surface area contributed by atoms with Crippen molar-refractivity contribution in [1.82, 2.24) is 10.2 Å². The van der Waals surface area contributed by atoms with Gasteiger partial charge in [-0.2, -0.15) is 0 Å². The van der Waals surface area contributed by atoms with E-state index in [1.165, 1.54) is 35.2 Å². The van der Waals surface area contributed by atoms with Gasteiger partial charge in [-0.25, -0.2) is 8.42 Å². The van der Waals surface area contributed by atoms with Gasteiger partial charge in [0.05, 0.1) is 10.6 Å². The van der Waals surface area contributed by atoms with E-state index in [0.717, 1.165) is 21.0 Å². The number of hydrogen-bond acceptors (Lipinski definition) is 4. The van der Waals surface area contributed by atoms with Crippen molar-refractivity contribution in [1.29, 1.82) is 0 Å². The number of amides is 2. The summed E-state index contributed by atoms with van der Waals surface area (Å²) >= 11 is 12.3. The van der Waals surface area contributed by atoms with Crippen LogP contribution in [0, 0.1) is 6.92 Å². The molecule has 0 heterocycles. The molecule has 0 radical (unpaired) electrons. The van der Waals surface area contributed by atoms with Gasteiger partial charge in [-0.1, -0.05) is 96.4 Å². The summed E-state index contributed by atoms with van der Waals surface area (Å²) in [6.07, 6.45) is 0.944. The highest BCUT2D eigenvalue weighted by Crippen LogP contribution is 2.28. The molecule has 2 atom stereocenters. The normalized spacial score (nSPS) is 12.6. The summed E-state index contributed by atoms with van der Waals surface area (Å²) in [4.78, 5) is 29.9. The summed E-state index contributed by atoms with van der Waals surface area (Å²) in [6.45, 7) is 5.35. The Morgan fingerprint density at radius 1 is 0.822 bits per heavy atom. The number of benzene rings is 4. The van der Waals surface area contributed by atoms with Crippen LogP contribution < -0.4 is 9.62 Å². The van der Waals surface area contributed by atoms with Crippen molar-refractivity contribution >= 4 is 50.7 Å². The molecular weight excluding hydrogens is 629 g/mol. The van der Waals surface area contributed by atoms with E-state index in [9.17, 15) is 18.0 Å². The Hall–Kier alpha value is -3.85. The van der Waals surface area contributed by atoms with Crippen molar-refractivity contribution in [2.75, 3.05) is 10.8 Å². The number of halogens is 2. The largest absolute Gasteiger partial charge is 0.352 e. The summed E-state index contributed by atoms with van der Waals surface area (Å²) in [6, 6.07) is 28.1. The monoisotopic (exact) mass is 665 g/mol. The van der Waals surface area contributed by atoms with Gasteiger partial charge in [-0.05, 0) is 73.9 Å². The Kier molecular flexibility index (Phi) is 11.7. The molecule has 0 aliphatic carbocycles. The summed E-state index contributed by atoms with van der Waals surface area (Å²) in [5.74, 6) is -0.863. The number of nitrogens with one attached hydrogen (secondary N) is 1. The Bertz CT molecular complexity index is 1720. The van der Waals surface area contributed by atoms with Crippen LogP contribution in [-0.4, -0.2) is 43.8 Å². The molecule has 0 aliphatic heterocycles. The molecular formula is C35H37Cl2N3O4S. The fourth-order valence-corrected chi connectivity index (χ4v) is 6.61. The van der Waals surface area contributed by atoms with Crippen LogP contribution in [0.3, 0.4) is 0 Å². The average Bonchev–Trinajstić information content (AvgIpc) is 3.02. The number of aryl methyl sites for hydroxylation is 1. The molecule has 45 heavy (non-hydrogen) atoms. The topological polar surface area (TPSA) is 86.8 Å². The van der Waals surface area contributed by atoms with Crippen LogP contribution in [-0.2, 0) is 32.6 Å². The highest BCUT2D eigenvalue weighted by Gasteiger charge is 2.35. The van der Waals surface area contributed by atoms with Gasteiger partial charge < -0.3 is 10.2 Å². The van der Waals surface area contributed by atoms with E-state index in [2.05, 4.69) is 5.32 Å². The molecule has 1 N–H and O–H groups in total. The van der Waals surface area contributed by atoms with E-state index in [-0.39, 0.29) is 35.5 Å². The first-order valence-electron chi connectivity index (χ1n) is 14.7. The van der Waals surface area contributed by atoms with Crippen LogP contribution in [0.1, 0.15) is 37.0 Å². The van der Waals surface area contributed by atoms with Gasteiger partial charge >= 0.3 is 0 Å². The zero-order chi connectivity index (χ0) is 32.6. The fourth-order valence-electron chi connectivity index (χ4n) is 4.90. The second-order valence-electron chi connectivity index (χ2n) is 11.0. The fraction of sp³-hybridized carbons (Fsp3) is 0.257. The SMILES string of the molecule is CC[C@@H](C)NC(=O)[C@H](Cc1ccccc1)N(Cc1cccc(C)c1)C(=O)CN(c1cccc(Cl)c1)S(=O)(=O)c1ccc(Cl)cc1. The molecule has 0 saturated heterocycles. The van der Waals surface area contributed by atoms with Gasteiger partial charge in [0.2, 0.25) is 11.8 Å². The van der Waals surface area contributed by atoms with E-state index in [4.69, 9.17) is 23.2 Å². The molecule has 4 aromatic carbocycles. The van der Waals surface area contributed by atoms with Crippen LogP contribution in [0.25, 0.3) is 0 Å². The third kappa shape index (κ3) is 9.10. The zero-order valence-corrected chi connectivity index (χ0v) is 27.8. The summed E-state index contributed by atoms with van der Waals surface area (Å²) in [5, 5.41) is 3.72. The van der Waals surface area contributed by atoms with Gasteiger partial charge in [-0.15, -0.1) is 0 Å². The first-order valence-corrected chi connectivity index (χ1v) is 16.9. The minimum atomic E-state index is -4.26. The molecule has 2 amide bonds. The molecule has 0 bridgehead atoms. The predicted molar refractivity (Wildman–Crippen MR) is 181 cm³/mol. The van der Waals surface area contributed by atoms with Crippen LogP contribution in [0.5, 0.6) is 0 Å². The van der Waals surface area contributed by atoms with Gasteiger partial charge in [0, 0.05) is 29.1 Å². The summed E-state index contributed by atoms with van der Waals surface area (Å²) < 4.78 is 29.2. The Morgan fingerprint density at radius 2 is 1.49 bits per heavy atom. The van der Waals surface area contributed by atoms with E-state index >= 15 is 0 Å². The zero-order valence-electron chi connectivity index (χ0n) is 25.5. The number of nitrogens with zero attached hydrogens (tertiary/aromatic N) is 2. The summed E-state index contributed by atoms with van der Waals surface area (Å²) in [5.41, 5.74) is 2.89. The van der Waals surface area contributed by atoms with Gasteiger partial charge in [0.25, 0.3) is 10.0 Å². The molecule has 0 spiro atoms. The number of rotatable bonds is 13. The van der Waals surface area contributed by atoms with Crippen molar-refractivity contribution in [3.63, 3.8) is 0 Å². The molecule has 4 rings (SSSR count). The first-order chi connectivity index (χ1) is 21.5. The minimum absolute atomic E-state index is 0.0414. The number of carbonyl (C=O) groups is 2. The number of anilines is 1. The van der Waals surface area contributed by atoms with Crippen molar-refractivity contribution < 1.29 is 18.0 Å². The molecule has 236 valence electrons. The van der Waals surface area contributed by atoms with Crippen LogP contribution >= 0.6 is 23.2 Å². The number of sulfonamides is 1. The Labute approximate surface area is 275 Å². The first kappa shape index (κ1) is 34.0. The minimum Gasteiger partial charge on any atom is -0.352 e. The third-order valence-corrected chi connectivity index (χ3v) is 9.76. The lowest BCUT2D eigenvalue weighted by atomic mass is 10.0. The maximum absolute atomic E-state index is 14.5. The van der Waals surface area contributed by atoms with Gasteiger partial charge in [0.1, 0.15) is 12.6 Å². The van der Waals surface area contributed by atoms with Gasteiger partial charge in [-0.3, -0.25) is 13.9 Å². The maximum atomic E-state index is 14.5. The predicted octanol–water partition coefficient (Wildman–Crippen LogP) is 7.05. The van der Waals surface area contributed by atoms with E-state index < -0.39 is 28.5 Å². The standard InChI is InChI=1S/C35H37Cl2N3O4S/c1-4-26(3)38-35(42)33(21-27-11-6-5-7-12-27)39(23-28-13-8-10-25(2)20-28)34(41)24-40(31-15-9-14-30(37)22-31)45(43,44)32-18-16-29(36)17-19-32/h5-20,22,26,33H,4,21,23-24H2,1-3H3,(H,38,42)/t26-,33+/m1/s1. The number of carbonyl (C=O) groups excluding carboxylic acids is 2. The lowest BCUT2D eigenvalue weighted by Gasteiger charge is -2.34. The lowest BCUT2D eigenvalue weighted by Crippen LogP contribution is -2.54. The molecule has 7 nitrogen and oxygen atoms in total. The van der Waals surface area contributed by atoms with E-state index in [0.29, 0.717) is 16.5 Å². The Balaban J connectivity index is 1.81. The highest BCUT2D eigenvalue weighted by molar-refractivity contribution is 7.92. The molecule has 10 heteroatoms. The quantitative estimate of drug-likeness (QED) is 0.166. The van der Waals surface area contributed by atoms with Crippen LogP contribution in [0.15, 0.2) is 108 Å². The van der Waals surface area contributed by atoms with E-state index in [1.54, 1.807) is 18.2 Å². The summed E-state index contributed by atoms with van der Waals surface area (Å²) in [7, 11) is -4.26. The van der Waals surface area contributed by atoms with Crippen molar-refractivity contribution in [3.05, 3.63) is 130 Å². The molecule has 0 unspecified atom stereocenters. The maximum Gasteiger partial charge on any atom is 0.264 e. The molecule has 0 fully saturated rings. The van der Waals surface area contributed by atoms with Gasteiger partial charge in [0.15, 0.2) is 0 Å². The second kappa shape index (κ2) is 15.4. The van der Waals surface area contributed by atoms with Crippen LogP contribution in [0.4, 0.5) is 5.69 Å². The highest BCUT2D eigenvalue weighted by atomic mass is 35.5. The lowest BCUT2D eigenvalue weighted by molar-refractivity contribution is -0.140. The van der Waals surface area contributed by atoms with Crippen molar-refractivity contribution in [2.45, 2.75) is 57.1 Å². The Morgan fingerprint density at radius 3 is 2.13 bits per heavy atom. The van der Waals surface area contributed by atoms with E-state index in [1.807, 2.05) is 75.4 Å². The van der Waals surface area contributed by atoms with Crippen molar-refractivity contribution in [3.8, 4) is 0 Å². The third-order valence-electron chi connectivity index (χ3n) is 7.48. The molecule has 0 saturated carbocycles.